The number of piperidine rings is 1. The molecule has 0 aliphatic carbocycles. The van der Waals surface area contributed by atoms with Crippen LogP contribution in [0.15, 0.2) is 24.5 Å². The lowest BCUT2D eigenvalue weighted by Crippen LogP contribution is -2.49. The van der Waals surface area contributed by atoms with Crippen LogP contribution in [-0.2, 0) is 10.5 Å². The predicted octanol–water partition coefficient (Wildman–Crippen LogP) is 2.90. The Kier molecular flexibility index (Phi) is 8.69. The fraction of sp³-hybridized carbons (Fsp3) is 0.625. The van der Waals surface area contributed by atoms with E-state index >= 15 is 0 Å². The van der Waals surface area contributed by atoms with E-state index in [1.807, 2.05) is 24.2 Å². The van der Waals surface area contributed by atoms with Crippen molar-refractivity contribution in [1.82, 2.24) is 15.2 Å². The zero-order chi connectivity index (χ0) is 14.7. The highest BCUT2D eigenvalue weighted by atomic mass is 35.5. The molecule has 0 saturated carbocycles. The van der Waals surface area contributed by atoms with E-state index in [-0.39, 0.29) is 30.7 Å². The summed E-state index contributed by atoms with van der Waals surface area (Å²) in [6.45, 7) is 0. The average molecular weight is 378 g/mol. The van der Waals surface area contributed by atoms with Gasteiger partial charge in [-0.25, -0.2) is 0 Å². The number of hydrogen-bond acceptors (Lipinski definition) is 4. The van der Waals surface area contributed by atoms with Crippen LogP contribution in [-0.4, -0.2) is 46.7 Å². The van der Waals surface area contributed by atoms with Crippen molar-refractivity contribution in [1.29, 1.82) is 0 Å². The number of fused-ring (bicyclic) bond motifs is 2. The molecule has 2 aliphatic rings. The summed E-state index contributed by atoms with van der Waals surface area (Å²) in [5, 5.41) is 3.63. The van der Waals surface area contributed by atoms with Gasteiger partial charge in [0.25, 0.3) is 0 Å². The molecule has 3 heterocycles. The van der Waals surface area contributed by atoms with E-state index in [9.17, 15) is 4.79 Å². The summed E-state index contributed by atoms with van der Waals surface area (Å²) in [7, 11) is 1.97. The van der Waals surface area contributed by atoms with Gasteiger partial charge >= 0.3 is 0 Å². The van der Waals surface area contributed by atoms with Crippen molar-refractivity contribution >= 4 is 42.5 Å². The maximum absolute atomic E-state index is 12.3. The highest BCUT2D eigenvalue weighted by Crippen LogP contribution is 2.29. The van der Waals surface area contributed by atoms with Crippen molar-refractivity contribution < 1.29 is 4.79 Å². The van der Waals surface area contributed by atoms with E-state index in [1.165, 1.54) is 18.4 Å². The third-order valence-corrected chi connectivity index (χ3v) is 5.59. The van der Waals surface area contributed by atoms with Crippen LogP contribution in [0.1, 0.15) is 31.2 Å². The van der Waals surface area contributed by atoms with Crippen LogP contribution >= 0.6 is 36.6 Å². The first-order chi connectivity index (χ1) is 10.2. The number of pyridine rings is 1. The Morgan fingerprint density at radius 2 is 2.04 bits per heavy atom. The highest BCUT2D eigenvalue weighted by Gasteiger charge is 2.36. The fourth-order valence-electron chi connectivity index (χ4n) is 3.39. The number of amides is 1. The first kappa shape index (κ1) is 20.6. The molecule has 3 rings (SSSR count). The smallest absolute Gasteiger partial charge is 0.232 e. The molecule has 2 bridgehead atoms. The molecule has 2 saturated heterocycles. The summed E-state index contributed by atoms with van der Waals surface area (Å²) in [4.78, 5) is 18.4. The van der Waals surface area contributed by atoms with Crippen LogP contribution in [0.2, 0.25) is 0 Å². The van der Waals surface area contributed by atoms with E-state index in [4.69, 9.17) is 0 Å². The largest absolute Gasteiger partial charge is 0.342 e. The second-order valence-electron chi connectivity index (χ2n) is 6.12. The molecule has 2 atom stereocenters. The van der Waals surface area contributed by atoms with Gasteiger partial charge < -0.3 is 10.2 Å². The number of aromatic nitrogens is 1. The zero-order valence-corrected chi connectivity index (χ0v) is 15.8. The van der Waals surface area contributed by atoms with Crippen LogP contribution < -0.4 is 5.32 Å². The van der Waals surface area contributed by atoms with E-state index in [2.05, 4.69) is 16.4 Å². The van der Waals surface area contributed by atoms with Gasteiger partial charge in [-0.15, -0.1) is 36.6 Å². The molecule has 23 heavy (non-hydrogen) atoms. The Bertz CT molecular complexity index is 479. The molecule has 2 unspecified atom stereocenters. The molecule has 1 aromatic heterocycles. The Labute approximate surface area is 155 Å². The summed E-state index contributed by atoms with van der Waals surface area (Å²) in [5.74, 6) is 1.67. The topological polar surface area (TPSA) is 45.2 Å². The van der Waals surface area contributed by atoms with Gasteiger partial charge in [0.05, 0.1) is 5.75 Å². The molecule has 4 nitrogen and oxygen atoms in total. The first-order valence-corrected chi connectivity index (χ1v) is 8.86. The molecule has 0 spiro atoms. The van der Waals surface area contributed by atoms with E-state index in [1.54, 1.807) is 18.0 Å². The van der Waals surface area contributed by atoms with Crippen LogP contribution in [0.3, 0.4) is 0 Å². The third-order valence-electron chi connectivity index (χ3n) is 4.61. The van der Waals surface area contributed by atoms with Crippen LogP contribution in [0, 0.1) is 0 Å². The average Bonchev–Trinajstić information content (AvgIpc) is 2.85. The molecule has 1 aromatic rings. The molecular weight excluding hydrogens is 353 g/mol. The molecule has 0 aromatic carbocycles. The summed E-state index contributed by atoms with van der Waals surface area (Å²) < 4.78 is 0. The lowest BCUT2D eigenvalue weighted by atomic mass is 9.98. The van der Waals surface area contributed by atoms with Crippen LogP contribution in [0.25, 0.3) is 0 Å². The monoisotopic (exact) mass is 377 g/mol. The van der Waals surface area contributed by atoms with Crippen molar-refractivity contribution in [2.45, 2.75) is 49.6 Å². The minimum absolute atomic E-state index is 0. The first-order valence-electron chi connectivity index (χ1n) is 7.70. The summed E-state index contributed by atoms with van der Waals surface area (Å²) in [5.41, 5.74) is 1.18. The summed E-state index contributed by atoms with van der Waals surface area (Å²) in [6, 6.07) is 5.68. The highest BCUT2D eigenvalue weighted by molar-refractivity contribution is 7.99. The lowest BCUT2D eigenvalue weighted by Gasteiger charge is -2.35. The molecule has 2 fully saturated rings. The number of thioether (sulfide) groups is 1. The Morgan fingerprint density at radius 1 is 1.35 bits per heavy atom. The second-order valence-corrected chi connectivity index (χ2v) is 7.11. The molecule has 1 amide bonds. The molecular formula is C16H25Cl2N3OS. The summed E-state index contributed by atoms with van der Waals surface area (Å²) in [6.07, 6.45) is 8.43. The Balaban J connectivity index is 0.00000132. The molecule has 0 radical (unpaired) electrons. The van der Waals surface area contributed by atoms with Gasteiger partial charge in [-0.3, -0.25) is 9.78 Å². The van der Waals surface area contributed by atoms with Crippen molar-refractivity contribution in [3.05, 3.63) is 30.1 Å². The predicted molar refractivity (Wildman–Crippen MR) is 101 cm³/mol. The van der Waals surface area contributed by atoms with Gasteiger partial charge in [0, 0.05) is 43.3 Å². The van der Waals surface area contributed by atoms with Gasteiger partial charge in [-0.05, 0) is 37.3 Å². The normalized spacial score (nSPS) is 25.2. The van der Waals surface area contributed by atoms with Gasteiger partial charge in [0.1, 0.15) is 0 Å². The van der Waals surface area contributed by atoms with Gasteiger partial charge in [-0.1, -0.05) is 6.07 Å². The van der Waals surface area contributed by atoms with E-state index < -0.39 is 0 Å². The van der Waals surface area contributed by atoms with Gasteiger partial charge in [0.15, 0.2) is 0 Å². The SMILES string of the molecule is CN(C(=O)CSCc1cccnc1)C1CC2CCC(C1)N2.Cl.Cl. The second kappa shape index (κ2) is 9.72. The standard InChI is InChI=1S/C16H23N3OS.2ClH/c1-19(15-7-13-4-5-14(8-15)18-13)16(20)11-21-10-12-3-2-6-17-9-12;;/h2-3,6,9,13-15,18H,4-5,7-8,10-11H2,1H3;2*1H. The van der Waals surface area contributed by atoms with E-state index in [0.29, 0.717) is 23.9 Å². The lowest BCUT2D eigenvalue weighted by molar-refractivity contribution is -0.129. The molecule has 130 valence electrons. The number of halogens is 2. The van der Waals surface area contributed by atoms with E-state index in [0.717, 1.165) is 18.6 Å². The molecule has 7 heteroatoms. The van der Waals surface area contributed by atoms with Crippen molar-refractivity contribution in [3.63, 3.8) is 0 Å². The Hall–Kier alpha value is -0.490. The fourth-order valence-corrected chi connectivity index (χ4v) is 4.28. The minimum Gasteiger partial charge on any atom is -0.342 e. The Morgan fingerprint density at radius 3 is 2.65 bits per heavy atom. The van der Waals surface area contributed by atoms with Gasteiger partial charge in [0.2, 0.25) is 5.91 Å². The van der Waals surface area contributed by atoms with Crippen LogP contribution in [0.5, 0.6) is 0 Å². The number of hydrogen-bond donors (Lipinski definition) is 1. The minimum atomic E-state index is 0. The number of rotatable bonds is 5. The summed E-state index contributed by atoms with van der Waals surface area (Å²) >= 11 is 1.68. The molecule has 1 N–H and O–H groups in total. The number of carbonyl (C=O) groups is 1. The van der Waals surface area contributed by atoms with Crippen molar-refractivity contribution in [3.8, 4) is 0 Å². The zero-order valence-electron chi connectivity index (χ0n) is 13.3. The number of carbonyl (C=O) groups excluding carboxylic acids is 1. The van der Waals surface area contributed by atoms with Crippen molar-refractivity contribution in [2.24, 2.45) is 0 Å². The van der Waals surface area contributed by atoms with Crippen molar-refractivity contribution in [2.75, 3.05) is 12.8 Å². The van der Waals surface area contributed by atoms with Crippen LogP contribution in [0.4, 0.5) is 0 Å². The maximum Gasteiger partial charge on any atom is 0.232 e. The number of nitrogens with zero attached hydrogens (tertiary/aromatic N) is 2. The maximum atomic E-state index is 12.3. The molecule has 2 aliphatic heterocycles. The third kappa shape index (κ3) is 5.52. The quantitative estimate of drug-likeness (QED) is 0.856. The number of nitrogens with one attached hydrogen (secondary N) is 1. The van der Waals surface area contributed by atoms with Gasteiger partial charge in [-0.2, -0.15) is 0 Å².